The van der Waals surface area contributed by atoms with Gasteiger partial charge < -0.3 is 10.6 Å². The number of amides is 2. The van der Waals surface area contributed by atoms with Gasteiger partial charge in [0.1, 0.15) is 0 Å². The van der Waals surface area contributed by atoms with Gasteiger partial charge in [0.15, 0.2) is 0 Å². The zero-order chi connectivity index (χ0) is 16.9. The summed E-state index contributed by atoms with van der Waals surface area (Å²) in [4.78, 5) is 28.6. The Balaban J connectivity index is 1.69. The number of rotatable bonds is 4. The highest BCUT2D eigenvalue weighted by atomic mass is 35.5. The number of nitrogens with one attached hydrogen (secondary N) is 2. The predicted octanol–water partition coefficient (Wildman–Crippen LogP) is 3.66. The van der Waals surface area contributed by atoms with E-state index in [2.05, 4.69) is 15.6 Å². The van der Waals surface area contributed by atoms with Crippen molar-refractivity contribution < 1.29 is 9.59 Å². The molecule has 6 heteroatoms. The molecule has 0 unspecified atom stereocenters. The van der Waals surface area contributed by atoms with E-state index in [0.29, 0.717) is 21.8 Å². The van der Waals surface area contributed by atoms with E-state index < -0.39 is 0 Å². The third-order valence-corrected chi connectivity index (χ3v) is 4.27. The lowest BCUT2D eigenvalue weighted by Gasteiger charge is -2.12. The molecular weight excluding hydrogens is 326 g/mol. The number of nitrogens with zero attached hydrogens (tertiary/aromatic N) is 1. The van der Waals surface area contributed by atoms with E-state index in [1.165, 1.54) is 12.4 Å². The zero-order valence-electron chi connectivity index (χ0n) is 13.1. The molecule has 2 aromatic rings. The quantitative estimate of drug-likeness (QED) is 0.890. The van der Waals surface area contributed by atoms with Gasteiger partial charge in [-0.1, -0.05) is 30.5 Å². The molecular formula is C18H18ClN3O2. The monoisotopic (exact) mass is 343 g/mol. The van der Waals surface area contributed by atoms with Crippen molar-refractivity contribution >= 4 is 29.1 Å². The molecule has 3 rings (SSSR count). The summed E-state index contributed by atoms with van der Waals surface area (Å²) in [6.45, 7) is 0. The van der Waals surface area contributed by atoms with Crippen LogP contribution < -0.4 is 10.6 Å². The Bertz CT molecular complexity index is 757. The number of anilines is 1. The highest BCUT2D eigenvalue weighted by molar-refractivity contribution is 6.31. The summed E-state index contributed by atoms with van der Waals surface area (Å²) in [6.07, 6.45) is 7.21. The van der Waals surface area contributed by atoms with Gasteiger partial charge in [0.05, 0.1) is 11.1 Å². The Morgan fingerprint density at radius 2 is 1.75 bits per heavy atom. The zero-order valence-corrected chi connectivity index (χ0v) is 13.8. The van der Waals surface area contributed by atoms with Gasteiger partial charge >= 0.3 is 0 Å². The second-order valence-electron chi connectivity index (χ2n) is 5.88. The molecule has 24 heavy (non-hydrogen) atoms. The molecule has 5 nitrogen and oxygen atoms in total. The summed E-state index contributed by atoms with van der Waals surface area (Å²) < 4.78 is 0. The van der Waals surface area contributed by atoms with Gasteiger partial charge in [-0.05, 0) is 37.1 Å². The van der Waals surface area contributed by atoms with E-state index in [1.807, 2.05) is 0 Å². The summed E-state index contributed by atoms with van der Waals surface area (Å²) in [7, 11) is 0. The number of aromatic nitrogens is 1. The van der Waals surface area contributed by atoms with Crippen LogP contribution in [-0.2, 0) is 0 Å². The van der Waals surface area contributed by atoms with Crippen LogP contribution >= 0.6 is 11.6 Å². The summed E-state index contributed by atoms with van der Waals surface area (Å²) in [6, 6.07) is 8.66. The molecule has 1 aliphatic rings. The molecule has 1 saturated carbocycles. The lowest BCUT2D eigenvalue weighted by Crippen LogP contribution is -2.32. The first-order valence-electron chi connectivity index (χ1n) is 7.94. The van der Waals surface area contributed by atoms with Crippen LogP contribution in [0.4, 0.5) is 5.69 Å². The van der Waals surface area contributed by atoms with Crippen molar-refractivity contribution in [3.63, 3.8) is 0 Å². The lowest BCUT2D eigenvalue weighted by molar-refractivity contribution is 0.0937. The average molecular weight is 344 g/mol. The smallest absolute Gasteiger partial charge is 0.257 e. The molecule has 1 fully saturated rings. The van der Waals surface area contributed by atoms with Gasteiger partial charge in [-0.3, -0.25) is 14.6 Å². The van der Waals surface area contributed by atoms with Gasteiger partial charge in [0, 0.05) is 29.1 Å². The molecule has 124 valence electrons. The predicted molar refractivity (Wildman–Crippen MR) is 93.4 cm³/mol. The van der Waals surface area contributed by atoms with Gasteiger partial charge in [0.25, 0.3) is 11.8 Å². The Kier molecular flexibility index (Phi) is 5.11. The van der Waals surface area contributed by atoms with Crippen molar-refractivity contribution in [2.24, 2.45) is 0 Å². The topological polar surface area (TPSA) is 71.1 Å². The Morgan fingerprint density at radius 1 is 1.04 bits per heavy atom. The number of carbonyl (C=O) groups is 2. The summed E-state index contributed by atoms with van der Waals surface area (Å²) in [5.74, 6) is -0.521. The number of carbonyl (C=O) groups excluding carboxylic acids is 2. The van der Waals surface area contributed by atoms with E-state index in [9.17, 15) is 9.59 Å². The largest absolute Gasteiger partial charge is 0.349 e. The fraction of sp³-hybridized carbons (Fsp3) is 0.278. The van der Waals surface area contributed by atoms with E-state index in [1.54, 1.807) is 30.3 Å². The van der Waals surface area contributed by atoms with Crippen LogP contribution in [0.25, 0.3) is 0 Å². The van der Waals surface area contributed by atoms with Crippen LogP contribution in [0.5, 0.6) is 0 Å². The average Bonchev–Trinajstić information content (AvgIpc) is 3.08. The van der Waals surface area contributed by atoms with E-state index in [-0.39, 0.29) is 17.9 Å². The van der Waals surface area contributed by atoms with E-state index >= 15 is 0 Å². The van der Waals surface area contributed by atoms with Crippen LogP contribution in [-0.4, -0.2) is 22.8 Å². The van der Waals surface area contributed by atoms with Crippen LogP contribution in [0.3, 0.4) is 0 Å². The van der Waals surface area contributed by atoms with E-state index in [4.69, 9.17) is 11.6 Å². The van der Waals surface area contributed by atoms with Crippen LogP contribution in [0, 0.1) is 0 Å². The number of hydrogen-bond donors (Lipinski definition) is 2. The van der Waals surface area contributed by atoms with Crippen molar-refractivity contribution in [1.29, 1.82) is 0 Å². The van der Waals surface area contributed by atoms with Crippen molar-refractivity contribution in [1.82, 2.24) is 10.3 Å². The number of benzene rings is 1. The maximum Gasteiger partial charge on any atom is 0.257 e. The molecule has 1 aliphatic carbocycles. The third kappa shape index (κ3) is 4.11. The Hall–Kier alpha value is -2.40. The second-order valence-corrected chi connectivity index (χ2v) is 6.32. The van der Waals surface area contributed by atoms with Crippen LogP contribution in [0.15, 0.2) is 42.7 Å². The molecule has 2 amide bonds. The minimum absolute atomic E-state index is 0.188. The minimum Gasteiger partial charge on any atom is -0.349 e. The molecule has 2 N–H and O–H groups in total. The summed E-state index contributed by atoms with van der Waals surface area (Å²) >= 11 is 5.91. The van der Waals surface area contributed by atoms with Gasteiger partial charge in [0.2, 0.25) is 0 Å². The molecule has 0 saturated heterocycles. The molecule has 0 aliphatic heterocycles. The number of halogens is 1. The van der Waals surface area contributed by atoms with Crippen molar-refractivity contribution in [2.75, 3.05) is 5.32 Å². The standard InChI is InChI=1S/C18H18ClN3O2/c19-14-4-3-7-16(9-14)22-18(24)13-8-12(10-20-11-13)17(23)21-15-5-1-2-6-15/h3-4,7-11,15H,1-2,5-6H2,(H,21,23)(H,22,24). The lowest BCUT2D eigenvalue weighted by atomic mass is 10.1. The molecule has 0 bridgehead atoms. The van der Waals surface area contributed by atoms with Crippen molar-refractivity contribution in [3.05, 3.63) is 58.9 Å². The maximum atomic E-state index is 12.3. The molecule has 1 heterocycles. The molecule has 1 aromatic heterocycles. The van der Waals surface area contributed by atoms with Gasteiger partial charge in [-0.2, -0.15) is 0 Å². The molecule has 0 spiro atoms. The fourth-order valence-corrected chi connectivity index (χ4v) is 2.99. The number of hydrogen-bond acceptors (Lipinski definition) is 3. The first-order chi connectivity index (χ1) is 11.6. The second kappa shape index (κ2) is 7.45. The first-order valence-corrected chi connectivity index (χ1v) is 8.32. The van der Waals surface area contributed by atoms with Crippen molar-refractivity contribution in [2.45, 2.75) is 31.7 Å². The van der Waals surface area contributed by atoms with Gasteiger partial charge in [-0.25, -0.2) is 0 Å². The third-order valence-electron chi connectivity index (χ3n) is 4.04. The highest BCUT2D eigenvalue weighted by Crippen LogP contribution is 2.19. The molecule has 1 aromatic carbocycles. The minimum atomic E-state index is -0.333. The van der Waals surface area contributed by atoms with Crippen LogP contribution in [0.1, 0.15) is 46.4 Å². The molecule has 0 radical (unpaired) electrons. The molecule has 0 atom stereocenters. The highest BCUT2D eigenvalue weighted by Gasteiger charge is 2.19. The van der Waals surface area contributed by atoms with Gasteiger partial charge in [-0.15, -0.1) is 0 Å². The summed E-state index contributed by atoms with van der Waals surface area (Å²) in [5.41, 5.74) is 1.31. The normalized spacial score (nSPS) is 14.4. The maximum absolute atomic E-state index is 12.3. The summed E-state index contributed by atoms with van der Waals surface area (Å²) in [5, 5.41) is 6.27. The SMILES string of the molecule is O=C(Nc1cccc(Cl)c1)c1cncc(C(=O)NC2CCCC2)c1. The Morgan fingerprint density at radius 3 is 2.46 bits per heavy atom. The fourth-order valence-electron chi connectivity index (χ4n) is 2.80. The first kappa shape index (κ1) is 16.5. The van der Waals surface area contributed by atoms with Crippen LogP contribution in [0.2, 0.25) is 5.02 Å². The number of pyridine rings is 1. The van der Waals surface area contributed by atoms with E-state index in [0.717, 1.165) is 25.7 Å². The Labute approximate surface area is 145 Å². The van der Waals surface area contributed by atoms with Crippen molar-refractivity contribution in [3.8, 4) is 0 Å².